The van der Waals surface area contributed by atoms with Gasteiger partial charge in [-0.15, -0.1) is 0 Å². The van der Waals surface area contributed by atoms with Crippen LogP contribution in [0.3, 0.4) is 0 Å². The minimum atomic E-state index is -3.28. The number of carbonyl (C=O) groups is 1. The van der Waals surface area contributed by atoms with Crippen molar-refractivity contribution in [1.29, 1.82) is 0 Å². The van der Waals surface area contributed by atoms with E-state index in [2.05, 4.69) is 11.5 Å². The molecule has 1 aliphatic heterocycles. The summed E-state index contributed by atoms with van der Waals surface area (Å²) in [6.07, 6.45) is 8.03. The van der Waals surface area contributed by atoms with Crippen LogP contribution in [0, 0.1) is 13.8 Å². The molecule has 1 aromatic heterocycles. The van der Waals surface area contributed by atoms with Crippen LogP contribution in [0.15, 0.2) is 23.4 Å². The fourth-order valence-electron chi connectivity index (χ4n) is 4.57. The van der Waals surface area contributed by atoms with E-state index in [1.165, 1.54) is 60.1 Å². The van der Waals surface area contributed by atoms with Crippen LogP contribution in [0.25, 0.3) is 0 Å². The normalized spacial score (nSPS) is 17.4. The van der Waals surface area contributed by atoms with Gasteiger partial charge in [0.25, 0.3) is 0 Å². The molecule has 0 N–H and O–H groups in total. The number of anilines is 1. The van der Waals surface area contributed by atoms with Crippen molar-refractivity contribution in [1.82, 2.24) is 9.55 Å². The lowest BCUT2D eigenvalue weighted by Gasteiger charge is -2.26. The van der Waals surface area contributed by atoms with Gasteiger partial charge in [0.2, 0.25) is 10.0 Å². The summed E-state index contributed by atoms with van der Waals surface area (Å²) >= 11 is 1.51. The molecule has 162 valence electrons. The van der Waals surface area contributed by atoms with Crippen molar-refractivity contribution in [3.05, 3.63) is 40.7 Å². The first-order chi connectivity index (χ1) is 14.3. The second-order valence-corrected chi connectivity index (χ2v) is 11.2. The summed E-state index contributed by atoms with van der Waals surface area (Å²) in [5.41, 5.74) is 4.50. The summed E-state index contributed by atoms with van der Waals surface area (Å²) in [5.74, 6) is 0.381. The van der Waals surface area contributed by atoms with Crippen molar-refractivity contribution in [2.24, 2.45) is 0 Å². The van der Waals surface area contributed by atoms with Gasteiger partial charge in [0.1, 0.15) is 0 Å². The Labute approximate surface area is 183 Å². The number of fused-ring (bicyclic) bond motifs is 1. The Morgan fingerprint density at radius 1 is 1.20 bits per heavy atom. The van der Waals surface area contributed by atoms with Crippen molar-refractivity contribution in [3.8, 4) is 0 Å². The van der Waals surface area contributed by atoms with Crippen molar-refractivity contribution < 1.29 is 13.2 Å². The summed E-state index contributed by atoms with van der Waals surface area (Å²) in [5, 5.41) is 0.940. The molecule has 1 aliphatic carbocycles. The Morgan fingerprint density at radius 3 is 2.63 bits per heavy atom. The second kappa shape index (κ2) is 8.38. The van der Waals surface area contributed by atoms with Gasteiger partial charge in [0.05, 0.1) is 23.4 Å². The molecule has 0 bridgehead atoms. The van der Waals surface area contributed by atoms with Crippen LogP contribution in [-0.4, -0.2) is 42.3 Å². The van der Waals surface area contributed by atoms with E-state index >= 15 is 0 Å². The molecule has 0 amide bonds. The molecule has 0 atom stereocenters. The fourth-order valence-corrected chi connectivity index (χ4v) is 6.58. The number of hydrogen-bond donors (Lipinski definition) is 0. The van der Waals surface area contributed by atoms with Gasteiger partial charge in [-0.25, -0.2) is 13.4 Å². The SMILES string of the molecule is Cc1nc(SCC(=O)c2ccc3c(c2)CCN3S(C)(=O)=O)n(C2CCCCC2)c1C. The van der Waals surface area contributed by atoms with Crippen LogP contribution in [0.4, 0.5) is 5.69 Å². The van der Waals surface area contributed by atoms with E-state index in [-0.39, 0.29) is 5.78 Å². The highest BCUT2D eigenvalue weighted by Gasteiger charge is 2.27. The minimum Gasteiger partial charge on any atom is -0.320 e. The van der Waals surface area contributed by atoms with Gasteiger partial charge < -0.3 is 4.57 Å². The summed E-state index contributed by atoms with van der Waals surface area (Å²) in [6.45, 7) is 4.60. The van der Waals surface area contributed by atoms with Gasteiger partial charge in [0.15, 0.2) is 10.9 Å². The molecule has 1 aromatic carbocycles. The molecule has 0 radical (unpaired) electrons. The van der Waals surface area contributed by atoms with E-state index in [0.717, 1.165) is 16.4 Å². The number of ketones is 1. The number of hydrogen-bond acceptors (Lipinski definition) is 5. The lowest BCUT2D eigenvalue weighted by atomic mass is 9.95. The van der Waals surface area contributed by atoms with E-state index in [9.17, 15) is 13.2 Å². The molecular formula is C22H29N3O3S2. The lowest BCUT2D eigenvalue weighted by Crippen LogP contribution is -2.27. The number of imidazole rings is 1. The van der Waals surface area contributed by atoms with Crippen molar-refractivity contribution in [2.75, 3.05) is 22.9 Å². The van der Waals surface area contributed by atoms with Crippen molar-refractivity contribution >= 4 is 33.3 Å². The molecule has 1 saturated carbocycles. The third-order valence-electron chi connectivity index (χ3n) is 6.28. The van der Waals surface area contributed by atoms with Crippen LogP contribution in [0.2, 0.25) is 0 Å². The molecule has 8 heteroatoms. The molecule has 6 nitrogen and oxygen atoms in total. The maximum Gasteiger partial charge on any atom is 0.232 e. The third-order valence-corrected chi connectivity index (χ3v) is 8.41. The molecule has 0 spiro atoms. The maximum absolute atomic E-state index is 12.9. The molecule has 30 heavy (non-hydrogen) atoms. The largest absolute Gasteiger partial charge is 0.320 e. The molecule has 2 aromatic rings. The van der Waals surface area contributed by atoms with Crippen LogP contribution in [0.5, 0.6) is 0 Å². The highest BCUT2D eigenvalue weighted by molar-refractivity contribution is 7.99. The number of Topliss-reactive ketones (excluding diaryl/α,β-unsaturated/α-hetero) is 1. The predicted octanol–water partition coefficient (Wildman–Crippen LogP) is 4.30. The summed E-state index contributed by atoms with van der Waals surface area (Å²) in [7, 11) is -3.28. The van der Waals surface area contributed by atoms with Crippen molar-refractivity contribution in [3.63, 3.8) is 0 Å². The molecular weight excluding hydrogens is 418 g/mol. The van der Waals surface area contributed by atoms with E-state index in [1.54, 1.807) is 12.1 Å². The minimum absolute atomic E-state index is 0.0501. The number of benzene rings is 1. The van der Waals surface area contributed by atoms with Gasteiger partial charge in [-0.1, -0.05) is 31.0 Å². The molecule has 0 unspecified atom stereocenters. The summed E-state index contributed by atoms with van der Waals surface area (Å²) in [6, 6.07) is 5.85. The zero-order valence-corrected chi connectivity index (χ0v) is 19.5. The number of thioether (sulfide) groups is 1. The third kappa shape index (κ3) is 4.17. The van der Waals surface area contributed by atoms with E-state index in [0.29, 0.717) is 36.0 Å². The Morgan fingerprint density at radius 2 is 1.93 bits per heavy atom. The first-order valence-electron chi connectivity index (χ1n) is 10.6. The van der Waals surface area contributed by atoms with Gasteiger partial charge in [0, 0.05) is 23.8 Å². The number of aromatic nitrogens is 2. The van der Waals surface area contributed by atoms with Gasteiger partial charge in [-0.3, -0.25) is 9.10 Å². The van der Waals surface area contributed by atoms with Crippen molar-refractivity contribution in [2.45, 2.75) is 63.6 Å². The van der Waals surface area contributed by atoms with E-state index < -0.39 is 10.0 Å². The van der Waals surface area contributed by atoms with Crippen LogP contribution >= 0.6 is 11.8 Å². The van der Waals surface area contributed by atoms with Gasteiger partial charge in [-0.2, -0.15) is 0 Å². The average molecular weight is 448 g/mol. The molecule has 2 heterocycles. The number of rotatable bonds is 6. The molecule has 4 rings (SSSR count). The Kier molecular flexibility index (Phi) is 5.99. The zero-order chi connectivity index (χ0) is 21.5. The second-order valence-electron chi connectivity index (χ2n) is 8.37. The number of nitrogens with zero attached hydrogens (tertiary/aromatic N) is 3. The standard InChI is InChI=1S/C22H29N3O3S2/c1-15-16(2)25(19-7-5-4-6-8-19)22(23-15)29-14-21(26)18-9-10-20-17(13-18)11-12-24(20)30(3,27)28/h9-10,13,19H,4-8,11-12,14H2,1-3H3. The Hall–Kier alpha value is -1.80. The van der Waals surface area contributed by atoms with Crippen LogP contribution in [0.1, 0.15) is 65.5 Å². The van der Waals surface area contributed by atoms with Crippen LogP contribution < -0.4 is 4.31 Å². The molecule has 1 fully saturated rings. The quantitative estimate of drug-likeness (QED) is 0.488. The van der Waals surface area contributed by atoms with Crippen LogP contribution in [-0.2, 0) is 16.4 Å². The van der Waals surface area contributed by atoms with E-state index in [4.69, 9.17) is 4.98 Å². The van der Waals surface area contributed by atoms with Gasteiger partial charge >= 0.3 is 0 Å². The highest BCUT2D eigenvalue weighted by Crippen LogP contribution is 2.35. The average Bonchev–Trinajstić information content (AvgIpc) is 3.27. The number of sulfonamides is 1. The Bertz CT molecular complexity index is 1070. The number of aryl methyl sites for hydroxylation is 1. The molecule has 2 aliphatic rings. The smallest absolute Gasteiger partial charge is 0.232 e. The summed E-state index contributed by atoms with van der Waals surface area (Å²) < 4.78 is 27.6. The fraction of sp³-hybridized carbons (Fsp3) is 0.545. The van der Waals surface area contributed by atoms with E-state index in [1.807, 2.05) is 13.0 Å². The van der Waals surface area contributed by atoms with Gasteiger partial charge in [-0.05, 0) is 56.9 Å². The number of carbonyl (C=O) groups excluding carboxylic acids is 1. The zero-order valence-electron chi connectivity index (χ0n) is 17.8. The first-order valence-corrected chi connectivity index (χ1v) is 13.4. The summed E-state index contributed by atoms with van der Waals surface area (Å²) in [4.78, 5) is 17.6. The molecule has 0 saturated heterocycles. The highest BCUT2D eigenvalue weighted by atomic mass is 32.2. The topological polar surface area (TPSA) is 72.3 Å². The first kappa shape index (κ1) is 21.4. The lowest BCUT2D eigenvalue weighted by molar-refractivity contribution is 0.102. The maximum atomic E-state index is 12.9. The predicted molar refractivity (Wildman–Crippen MR) is 121 cm³/mol. The monoisotopic (exact) mass is 447 g/mol. The Balaban J connectivity index is 1.49.